The molecule has 1 atom stereocenters. The highest BCUT2D eigenvalue weighted by Crippen LogP contribution is 2.42. The molecule has 0 amide bonds. The number of non-ortho nitro benzene ring substituents is 1. The number of nitro groups is 1. The smallest absolute Gasteiger partial charge is 0.337 e. The van der Waals surface area contributed by atoms with Gasteiger partial charge in [0.25, 0.3) is 5.69 Å². The molecule has 3 rings (SSSR count). The Labute approximate surface area is 177 Å². The lowest BCUT2D eigenvalue weighted by molar-refractivity contribution is -0.383. The Kier molecular flexibility index (Phi) is 5.66. The molecule has 0 radical (unpaired) electrons. The summed E-state index contributed by atoms with van der Waals surface area (Å²) < 4.78 is 11.2. The second kappa shape index (κ2) is 8.07. The van der Waals surface area contributed by atoms with E-state index in [1.165, 1.54) is 18.2 Å². The van der Waals surface area contributed by atoms with Gasteiger partial charge in [0.2, 0.25) is 0 Å². The summed E-state index contributed by atoms with van der Waals surface area (Å²) in [5.41, 5.74) is 0.681. The van der Waals surface area contributed by atoms with Gasteiger partial charge in [-0.05, 0) is 40.7 Å². The van der Waals surface area contributed by atoms with E-state index in [-0.39, 0.29) is 27.9 Å². The fraction of sp³-hybridized carbons (Fsp3) is 0.318. The Morgan fingerprint density at radius 2 is 1.97 bits per heavy atom. The fourth-order valence-electron chi connectivity index (χ4n) is 3.76. The number of benzene rings is 1. The maximum absolute atomic E-state index is 13.0. The molecule has 0 spiro atoms. The predicted molar refractivity (Wildman–Crippen MR) is 112 cm³/mol. The molecule has 160 valence electrons. The number of ether oxygens (including phenoxy) is 1. The molecule has 0 saturated heterocycles. The number of rotatable bonds is 4. The average molecular weight is 423 g/mol. The number of carbonyl (C=O) groups is 1. The van der Waals surface area contributed by atoms with Gasteiger partial charge in [0, 0.05) is 29.1 Å². The van der Waals surface area contributed by atoms with Crippen LogP contribution in [0, 0.1) is 28.4 Å². The summed E-state index contributed by atoms with van der Waals surface area (Å²) in [4.78, 5) is 36.5. The molecule has 2 aromatic rings. The minimum absolute atomic E-state index is 0.0331. The zero-order valence-corrected chi connectivity index (χ0v) is 17.7. The highest BCUT2D eigenvalue weighted by molar-refractivity contribution is 5.96. The number of carbonyl (C=O) groups excluding carboxylic acids is 1. The SMILES string of the molecule is CC1=C(C#N)C(c2ccc([N+](=O)[O-])c3c(=O)cc(C)oc23)C(C(=O)OC(C)C)=C(C)N1. The van der Waals surface area contributed by atoms with Crippen LogP contribution in [0.3, 0.4) is 0 Å². The van der Waals surface area contributed by atoms with Crippen molar-refractivity contribution in [3.05, 3.63) is 72.4 Å². The van der Waals surface area contributed by atoms with E-state index in [1.54, 1.807) is 34.6 Å². The molecule has 1 aromatic heterocycles. The number of dihydropyridines is 1. The van der Waals surface area contributed by atoms with Crippen LogP contribution in [0.5, 0.6) is 0 Å². The number of hydrogen-bond acceptors (Lipinski definition) is 8. The van der Waals surface area contributed by atoms with Gasteiger partial charge in [0.1, 0.15) is 16.7 Å². The lowest BCUT2D eigenvalue weighted by Crippen LogP contribution is -2.30. The third-order valence-electron chi connectivity index (χ3n) is 4.96. The number of allylic oxidation sites excluding steroid dienone is 3. The molecule has 1 aliphatic rings. The Balaban J connectivity index is 2.42. The van der Waals surface area contributed by atoms with Crippen molar-refractivity contribution in [3.63, 3.8) is 0 Å². The largest absolute Gasteiger partial charge is 0.461 e. The minimum atomic E-state index is -0.925. The standard InChI is InChI=1S/C22H21N3O6/c1-10(2)30-22(27)18-13(5)24-12(4)15(9-23)19(18)14-6-7-16(25(28)29)20-17(26)8-11(3)31-21(14)20/h6-8,10,19,24H,1-5H3. The third-order valence-corrected chi connectivity index (χ3v) is 4.96. The monoisotopic (exact) mass is 423 g/mol. The van der Waals surface area contributed by atoms with Crippen molar-refractivity contribution >= 4 is 22.6 Å². The van der Waals surface area contributed by atoms with Crippen LogP contribution in [0.4, 0.5) is 5.69 Å². The van der Waals surface area contributed by atoms with Gasteiger partial charge in [-0.25, -0.2) is 4.79 Å². The van der Waals surface area contributed by atoms with Gasteiger partial charge < -0.3 is 14.5 Å². The summed E-state index contributed by atoms with van der Waals surface area (Å²) in [5.74, 6) is -1.31. The molecule has 0 bridgehead atoms. The van der Waals surface area contributed by atoms with Crippen molar-refractivity contribution in [2.45, 2.75) is 46.6 Å². The van der Waals surface area contributed by atoms with Crippen molar-refractivity contribution in [1.82, 2.24) is 5.32 Å². The molecule has 0 aliphatic carbocycles. The quantitative estimate of drug-likeness (QED) is 0.446. The molecule has 1 aliphatic heterocycles. The molecule has 2 heterocycles. The van der Waals surface area contributed by atoms with Gasteiger partial charge in [0.15, 0.2) is 5.43 Å². The molecule has 9 heteroatoms. The third kappa shape index (κ3) is 3.80. The number of nitriles is 1. The van der Waals surface area contributed by atoms with Crippen LogP contribution in [0.1, 0.15) is 44.9 Å². The van der Waals surface area contributed by atoms with Crippen LogP contribution in [0.2, 0.25) is 0 Å². The van der Waals surface area contributed by atoms with Crippen molar-refractivity contribution < 1.29 is 18.9 Å². The second-order valence-corrected chi connectivity index (χ2v) is 7.56. The fourth-order valence-corrected chi connectivity index (χ4v) is 3.76. The van der Waals surface area contributed by atoms with Gasteiger partial charge in [-0.2, -0.15) is 5.26 Å². The summed E-state index contributed by atoms with van der Waals surface area (Å²) in [6.07, 6.45) is -0.403. The molecular formula is C22H21N3O6. The lowest BCUT2D eigenvalue weighted by atomic mass is 9.80. The van der Waals surface area contributed by atoms with Gasteiger partial charge in [0.05, 0.1) is 34.2 Å². The van der Waals surface area contributed by atoms with E-state index in [9.17, 15) is 25.0 Å². The van der Waals surface area contributed by atoms with Gasteiger partial charge in [-0.1, -0.05) is 0 Å². The van der Waals surface area contributed by atoms with Crippen LogP contribution in [-0.2, 0) is 9.53 Å². The Hall–Kier alpha value is -3.93. The maximum atomic E-state index is 13.0. The number of hydrogen-bond donors (Lipinski definition) is 1. The summed E-state index contributed by atoms with van der Waals surface area (Å²) in [5, 5.41) is 24.2. The van der Waals surface area contributed by atoms with E-state index in [1.807, 2.05) is 0 Å². The van der Waals surface area contributed by atoms with Gasteiger partial charge >= 0.3 is 5.97 Å². The number of nitro benzene ring substituents is 1. The highest BCUT2D eigenvalue weighted by Gasteiger charge is 2.37. The predicted octanol–water partition coefficient (Wildman–Crippen LogP) is 3.72. The van der Waals surface area contributed by atoms with Crippen molar-refractivity contribution in [1.29, 1.82) is 5.26 Å². The number of esters is 1. The van der Waals surface area contributed by atoms with Gasteiger partial charge in [-0.15, -0.1) is 0 Å². The van der Waals surface area contributed by atoms with Crippen LogP contribution < -0.4 is 10.7 Å². The van der Waals surface area contributed by atoms with Gasteiger partial charge in [-0.3, -0.25) is 14.9 Å². The Morgan fingerprint density at radius 1 is 1.29 bits per heavy atom. The van der Waals surface area contributed by atoms with E-state index in [4.69, 9.17) is 9.15 Å². The van der Waals surface area contributed by atoms with Crippen LogP contribution in [-0.4, -0.2) is 17.0 Å². The topological polar surface area (TPSA) is 135 Å². The molecule has 1 N–H and O–H groups in total. The molecule has 31 heavy (non-hydrogen) atoms. The average Bonchev–Trinajstić information content (AvgIpc) is 2.65. The van der Waals surface area contributed by atoms with Crippen molar-refractivity contribution in [3.8, 4) is 6.07 Å². The van der Waals surface area contributed by atoms with Crippen molar-refractivity contribution in [2.24, 2.45) is 0 Å². The first-order chi connectivity index (χ1) is 14.6. The molecule has 1 unspecified atom stereocenters. The maximum Gasteiger partial charge on any atom is 0.337 e. The second-order valence-electron chi connectivity index (χ2n) is 7.56. The molecule has 0 fully saturated rings. The molecule has 1 aromatic carbocycles. The molecular weight excluding hydrogens is 402 g/mol. The number of nitrogens with one attached hydrogen (secondary N) is 1. The number of fused-ring (bicyclic) bond motifs is 1. The van der Waals surface area contributed by atoms with Crippen LogP contribution >= 0.6 is 0 Å². The summed E-state index contributed by atoms with van der Waals surface area (Å²) in [6.45, 7) is 8.32. The van der Waals surface area contributed by atoms with Crippen LogP contribution in [0.15, 0.2) is 50.0 Å². The number of aryl methyl sites for hydroxylation is 1. The Morgan fingerprint density at radius 3 is 2.55 bits per heavy atom. The van der Waals surface area contributed by atoms with E-state index < -0.39 is 34.0 Å². The summed E-state index contributed by atoms with van der Waals surface area (Å²) >= 11 is 0. The van der Waals surface area contributed by atoms with Crippen LogP contribution in [0.25, 0.3) is 11.0 Å². The first-order valence-corrected chi connectivity index (χ1v) is 9.58. The van der Waals surface area contributed by atoms with Crippen molar-refractivity contribution in [2.75, 3.05) is 0 Å². The van der Waals surface area contributed by atoms with E-state index in [2.05, 4.69) is 11.4 Å². The Bertz CT molecular complexity index is 1280. The zero-order valence-electron chi connectivity index (χ0n) is 17.7. The minimum Gasteiger partial charge on any atom is -0.461 e. The lowest BCUT2D eigenvalue weighted by Gasteiger charge is -2.29. The molecule has 0 saturated carbocycles. The van der Waals surface area contributed by atoms with E-state index in [0.717, 1.165) is 0 Å². The first-order valence-electron chi connectivity index (χ1n) is 9.58. The van der Waals surface area contributed by atoms with E-state index >= 15 is 0 Å². The highest BCUT2D eigenvalue weighted by atomic mass is 16.6. The normalized spacial score (nSPS) is 16.4. The number of nitrogens with zero attached hydrogens (tertiary/aromatic N) is 2. The first kappa shape index (κ1) is 21.8. The molecule has 9 nitrogen and oxygen atoms in total. The summed E-state index contributed by atoms with van der Waals surface area (Å²) in [6, 6.07) is 5.89. The zero-order chi connectivity index (χ0) is 23.0. The summed E-state index contributed by atoms with van der Waals surface area (Å²) in [7, 11) is 0. The van der Waals surface area contributed by atoms with E-state index in [0.29, 0.717) is 17.0 Å².